The maximum Gasteiger partial charge on any atom is 0.312 e. The van der Waals surface area contributed by atoms with Crippen LogP contribution in [0.5, 0.6) is 0 Å². The topological polar surface area (TPSA) is 158 Å². The summed E-state index contributed by atoms with van der Waals surface area (Å²) < 4.78 is 35.3. The van der Waals surface area contributed by atoms with Crippen molar-refractivity contribution in [2.45, 2.75) is 554 Å². The molecule has 9 unspecified atom stereocenters. The van der Waals surface area contributed by atoms with E-state index in [1.165, 1.54) is 128 Å². The molecule has 8 aliphatic carbocycles. The third kappa shape index (κ3) is 33.7. The van der Waals surface area contributed by atoms with Crippen LogP contribution in [0.15, 0.2) is 0 Å². The zero-order chi connectivity index (χ0) is 77.0. The van der Waals surface area contributed by atoms with E-state index < -0.39 is 0 Å². The Morgan fingerprint density at radius 1 is 0.301 bits per heavy atom. The van der Waals surface area contributed by atoms with Gasteiger partial charge >= 0.3 is 35.8 Å². The van der Waals surface area contributed by atoms with Crippen molar-refractivity contribution in [2.75, 3.05) is 0 Å². The fraction of sp³-hybridized carbons (Fsp3) is 0.941. The van der Waals surface area contributed by atoms with Gasteiger partial charge in [-0.2, -0.15) is 0 Å². The van der Waals surface area contributed by atoms with Gasteiger partial charge in [-0.1, -0.05) is 258 Å². The highest BCUT2D eigenvalue weighted by Gasteiger charge is 2.70. The lowest BCUT2D eigenvalue weighted by Gasteiger charge is -2.46. The van der Waals surface area contributed by atoms with Gasteiger partial charge in [-0.05, 0) is 285 Å². The quantitative estimate of drug-likeness (QED) is 0.0646. The molecule has 8 fully saturated rings. The standard InChI is InChI=1S/C17H30O2.C16H28O2.C15H28O2.2C14H26O2.C13H24O2.12CH4/c1-8-14(2,3)13(18)19-17(7)11-12-9-10-16(17,6)15(12,4)5;1-7-11(2)13(17)18-16(6)10-12-8-9-15(16,5)14(12,3)4;1-5-14(3,4)13(16)17-15(6-2)11-9-7-8-10-12-15;1-5-13(2,3)12(15)16-14(4)10-8-6-7-9-11-14;1-4-12(3)13(15)16-14(5-2)10-8-6-7-9-11-14;1-4-11(2)12(14)15-13(3)9-7-5-6-8-10-13;;;;;;;;;;;;/h12H,8-11H2,1-7H3;11-12H,7-10H2,1-6H3;5-12H2,1-4H3;5-11H2,1-4H3;12H,4-11H2,1-3H3;11H,4-10H2,1-3H3;12*1H4. The largest absolute Gasteiger partial charge is 0.459 e. The number of carbonyl (C=O) groups excluding carboxylic acids is 6. The molecule has 0 saturated heterocycles. The molecule has 0 aromatic carbocycles. The average molecular weight is 1620 g/mol. The van der Waals surface area contributed by atoms with E-state index in [1.807, 2.05) is 96.9 Å². The second-order valence-electron chi connectivity index (χ2n) is 38.2. The Morgan fingerprint density at radius 2 is 0.531 bits per heavy atom. The van der Waals surface area contributed by atoms with Crippen molar-refractivity contribution in [3.05, 3.63) is 0 Å². The van der Waals surface area contributed by atoms with Gasteiger partial charge in [0.25, 0.3) is 0 Å². The van der Waals surface area contributed by atoms with Crippen molar-refractivity contribution in [3.8, 4) is 0 Å². The molecule has 12 heteroatoms. The normalized spacial score (nSPS) is 25.9. The molecule has 0 amide bonds. The average Bonchev–Trinajstić information content (AvgIpc) is 1.54. The SMILES string of the molecule is C.C.C.C.C.C.C.C.C.C.C.C.CCC(C)(C)C(=O)OC1(C)CC2CCC1(C)C2(C)C.CCC(C)(C)C(=O)OC1(C)CCCCCC1.CCC(C)C(=O)OC1(C)CC2CCC1(C)C2(C)C.CCC(C)C(=O)OC1(C)CCCCCC1.CCC(C)C(=O)OC1(CC)CCCCCC1.CCC1(OC(=O)C(C)(C)CC)CCCCCC1. The number of carbonyl (C=O) groups is 6. The van der Waals surface area contributed by atoms with E-state index in [1.54, 1.807) is 0 Å². The van der Waals surface area contributed by atoms with Crippen LogP contribution in [0.25, 0.3) is 0 Å². The number of rotatable bonds is 20. The zero-order valence-corrected chi connectivity index (χ0v) is 71.2. The molecule has 8 saturated carbocycles. The molecular formula is C101H210O12. The molecular weight excluding hydrogens is 1410 g/mol. The lowest BCUT2D eigenvalue weighted by atomic mass is 9.65. The summed E-state index contributed by atoms with van der Waals surface area (Å²) >= 11 is 0. The molecule has 12 nitrogen and oxygen atoms in total. The van der Waals surface area contributed by atoms with Gasteiger partial charge in [0.15, 0.2) is 0 Å². The number of fused-ring (bicyclic) bond motifs is 4. The Balaban J connectivity index is -0.000000138. The third-order valence-electron chi connectivity index (χ3n) is 29.4. The summed E-state index contributed by atoms with van der Waals surface area (Å²) in [5.74, 6) is 1.43. The maximum atomic E-state index is 12.5. The highest BCUT2D eigenvalue weighted by atomic mass is 16.6. The van der Waals surface area contributed by atoms with Gasteiger partial charge in [0.05, 0.1) is 34.0 Å². The third-order valence-corrected chi connectivity index (χ3v) is 29.4. The minimum absolute atomic E-state index is 0. The van der Waals surface area contributed by atoms with Crippen LogP contribution in [-0.2, 0) is 57.2 Å². The van der Waals surface area contributed by atoms with Crippen LogP contribution >= 0.6 is 0 Å². The number of hydrogen-bond acceptors (Lipinski definition) is 12. The molecule has 113 heavy (non-hydrogen) atoms. The molecule has 9 atom stereocenters. The van der Waals surface area contributed by atoms with Crippen molar-refractivity contribution in [2.24, 2.45) is 67.5 Å². The van der Waals surface area contributed by atoms with Crippen molar-refractivity contribution >= 4 is 35.8 Å². The Kier molecular flexibility index (Phi) is 63.4. The van der Waals surface area contributed by atoms with Gasteiger partial charge < -0.3 is 28.4 Å². The van der Waals surface area contributed by atoms with Gasteiger partial charge in [-0.15, -0.1) is 0 Å². The molecule has 0 aliphatic heterocycles. The summed E-state index contributed by atoms with van der Waals surface area (Å²) in [6, 6.07) is 0. The highest BCUT2D eigenvalue weighted by molar-refractivity contribution is 5.77. The minimum atomic E-state index is -0.370. The van der Waals surface area contributed by atoms with Crippen LogP contribution in [0.1, 0.15) is 520 Å². The molecule has 4 bridgehead atoms. The van der Waals surface area contributed by atoms with E-state index in [9.17, 15) is 28.8 Å². The van der Waals surface area contributed by atoms with E-state index in [0.717, 1.165) is 116 Å². The second-order valence-corrected chi connectivity index (χ2v) is 38.2. The Labute approximate surface area is 710 Å². The van der Waals surface area contributed by atoms with Crippen LogP contribution in [0.4, 0.5) is 0 Å². The fourth-order valence-electron chi connectivity index (χ4n) is 17.4. The van der Waals surface area contributed by atoms with Gasteiger partial charge in [-0.25, -0.2) is 0 Å². The van der Waals surface area contributed by atoms with E-state index in [-0.39, 0.29) is 214 Å². The van der Waals surface area contributed by atoms with Crippen LogP contribution in [-0.4, -0.2) is 69.4 Å². The maximum absolute atomic E-state index is 12.5. The van der Waals surface area contributed by atoms with Gasteiger partial charge in [0, 0.05) is 10.8 Å². The van der Waals surface area contributed by atoms with Crippen LogP contribution in [0.3, 0.4) is 0 Å². The summed E-state index contributed by atoms with van der Waals surface area (Å²) in [7, 11) is 0. The molecule has 0 spiro atoms. The van der Waals surface area contributed by atoms with Crippen LogP contribution in [0, 0.1) is 67.5 Å². The van der Waals surface area contributed by atoms with Gasteiger partial charge in [0.2, 0.25) is 0 Å². The van der Waals surface area contributed by atoms with Crippen LogP contribution < -0.4 is 0 Å². The van der Waals surface area contributed by atoms with Crippen molar-refractivity contribution in [1.82, 2.24) is 0 Å². The summed E-state index contributed by atoms with van der Waals surface area (Å²) in [5.41, 5.74) is -1.49. The smallest absolute Gasteiger partial charge is 0.312 e. The molecule has 8 aliphatic rings. The number of esters is 6. The Bertz CT molecular complexity index is 2540. The lowest BCUT2D eigenvalue weighted by molar-refractivity contribution is -0.185. The first-order chi connectivity index (χ1) is 46.7. The molecule has 0 N–H and O–H groups in total. The molecule has 0 radical (unpaired) electrons. The van der Waals surface area contributed by atoms with E-state index in [2.05, 4.69) is 90.0 Å². The lowest BCUT2D eigenvalue weighted by Crippen LogP contribution is -2.49. The fourth-order valence-corrected chi connectivity index (χ4v) is 17.4. The Morgan fingerprint density at radius 3 is 0.779 bits per heavy atom. The van der Waals surface area contributed by atoms with Crippen molar-refractivity contribution in [3.63, 3.8) is 0 Å². The molecule has 686 valence electrons. The monoisotopic (exact) mass is 1620 g/mol. The molecule has 0 heterocycles. The second kappa shape index (κ2) is 54.9. The minimum Gasteiger partial charge on any atom is -0.459 e. The van der Waals surface area contributed by atoms with E-state index in [0.29, 0.717) is 11.8 Å². The number of ether oxygens (including phenoxy) is 6. The zero-order valence-electron chi connectivity index (χ0n) is 71.2. The first-order valence-electron chi connectivity index (χ1n) is 42.1. The van der Waals surface area contributed by atoms with Crippen molar-refractivity contribution < 1.29 is 57.2 Å². The van der Waals surface area contributed by atoms with Crippen LogP contribution in [0.2, 0.25) is 0 Å². The molecule has 0 aromatic rings. The van der Waals surface area contributed by atoms with Crippen molar-refractivity contribution in [1.29, 1.82) is 0 Å². The van der Waals surface area contributed by atoms with E-state index in [4.69, 9.17) is 28.4 Å². The number of hydrogen-bond donors (Lipinski definition) is 0. The summed E-state index contributed by atoms with van der Waals surface area (Å²) in [4.78, 5) is 72.5. The summed E-state index contributed by atoms with van der Waals surface area (Å²) in [6.07, 6.45) is 42.3. The van der Waals surface area contributed by atoms with Gasteiger partial charge in [0.1, 0.15) is 33.6 Å². The summed E-state index contributed by atoms with van der Waals surface area (Å²) in [6.45, 7) is 56.9. The predicted molar refractivity (Wildman–Crippen MR) is 497 cm³/mol. The summed E-state index contributed by atoms with van der Waals surface area (Å²) in [5, 5.41) is 0. The highest BCUT2D eigenvalue weighted by Crippen LogP contribution is 2.72. The first kappa shape index (κ1) is 131. The Hall–Kier alpha value is -3.18. The van der Waals surface area contributed by atoms with Gasteiger partial charge in [-0.3, -0.25) is 28.8 Å². The van der Waals surface area contributed by atoms with E-state index >= 15 is 0 Å². The molecule has 8 rings (SSSR count). The predicted octanol–water partition coefficient (Wildman–Crippen LogP) is 32.7. The molecule has 0 aromatic heterocycles. The first-order valence-corrected chi connectivity index (χ1v) is 42.1.